The molecule has 0 fully saturated rings. The second kappa shape index (κ2) is 3.33. The van der Waals surface area contributed by atoms with Gasteiger partial charge in [0.2, 0.25) is 0 Å². The van der Waals surface area contributed by atoms with Crippen LogP contribution in [0.1, 0.15) is 12.8 Å². The molecule has 1 heterocycles. The molecule has 1 N–H and O–H groups in total. The monoisotopic (exact) mass is 123 g/mol. The molecule has 0 aromatic rings. The van der Waals surface area contributed by atoms with E-state index in [-0.39, 0.29) is 0 Å². The summed E-state index contributed by atoms with van der Waals surface area (Å²) in [6.45, 7) is 4.80. The molecule has 1 atom stereocenters. The molecule has 0 aliphatic carbocycles. The van der Waals surface area contributed by atoms with Crippen LogP contribution in [0.3, 0.4) is 0 Å². The Morgan fingerprint density at radius 1 is 1.78 bits per heavy atom. The molecule has 0 aromatic heterocycles. The van der Waals surface area contributed by atoms with Gasteiger partial charge < -0.3 is 5.32 Å². The molecular formula is C8H13N. The first-order valence-corrected chi connectivity index (χ1v) is 3.44. The quantitative estimate of drug-likeness (QED) is 0.563. The van der Waals surface area contributed by atoms with Crippen molar-refractivity contribution in [2.24, 2.45) is 5.92 Å². The van der Waals surface area contributed by atoms with Gasteiger partial charge in [-0.15, -0.1) is 6.58 Å². The summed E-state index contributed by atoms with van der Waals surface area (Å²) in [5.74, 6) is 0.753. The van der Waals surface area contributed by atoms with Crippen molar-refractivity contribution in [2.45, 2.75) is 12.8 Å². The minimum Gasteiger partial charge on any atom is -0.391 e. The van der Waals surface area contributed by atoms with E-state index in [0.717, 1.165) is 18.9 Å². The molecular weight excluding hydrogens is 110 g/mol. The maximum absolute atomic E-state index is 3.68. The Morgan fingerprint density at radius 3 is 3.22 bits per heavy atom. The Morgan fingerprint density at radius 2 is 2.67 bits per heavy atom. The number of allylic oxidation sites excluding steroid dienone is 1. The van der Waals surface area contributed by atoms with E-state index in [2.05, 4.69) is 18.0 Å². The largest absolute Gasteiger partial charge is 0.391 e. The molecule has 0 spiro atoms. The number of rotatable bonds is 3. The molecule has 0 aromatic carbocycles. The highest BCUT2D eigenvalue weighted by molar-refractivity contribution is 4.95. The molecule has 0 bridgehead atoms. The summed E-state index contributed by atoms with van der Waals surface area (Å²) in [6, 6.07) is 0. The average Bonchev–Trinajstić information content (AvgIpc) is 2.34. The van der Waals surface area contributed by atoms with E-state index < -0.39 is 0 Å². The molecule has 1 nitrogen and oxygen atoms in total. The highest BCUT2D eigenvalue weighted by Gasteiger charge is 2.05. The van der Waals surface area contributed by atoms with E-state index in [4.69, 9.17) is 0 Å². The lowest BCUT2D eigenvalue weighted by atomic mass is 10.1. The van der Waals surface area contributed by atoms with Crippen LogP contribution in [-0.2, 0) is 0 Å². The third kappa shape index (κ3) is 1.92. The average molecular weight is 123 g/mol. The smallest absolute Gasteiger partial charge is 0.0205 e. The lowest BCUT2D eigenvalue weighted by molar-refractivity contribution is 0.606. The zero-order chi connectivity index (χ0) is 6.53. The molecule has 0 saturated heterocycles. The Labute approximate surface area is 56.5 Å². The fourth-order valence-electron chi connectivity index (χ4n) is 1.02. The van der Waals surface area contributed by atoms with Crippen LogP contribution in [-0.4, -0.2) is 6.54 Å². The minimum absolute atomic E-state index is 0.753. The number of nitrogens with one attached hydrogen (secondary N) is 1. The van der Waals surface area contributed by atoms with Crippen LogP contribution >= 0.6 is 0 Å². The molecule has 1 rings (SSSR count). The maximum Gasteiger partial charge on any atom is 0.0205 e. The zero-order valence-electron chi connectivity index (χ0n) is 5.64. The first-order valence-electron chi connectivity index (χ1n) is 3.44. The topological polar surface area (TPSA) is 12.0 Å². The molecule has 9 heavy (non-hydrogen) atoms. The number of hydrogen-bond donors (Lipinski definition) is 1. The first kappa shape index (κ1) is 6.40. The molecule has 0 amide bonds. The van der Waals surface area contributed by atoms with Crippen molar-refractivity contribution in [1.29, 1.82) is 0 Å². The summed E-state index contributed by atoms with van der Waals surface area (Å²) >= 11 is 0. The SMILES string of the molecule is C=CCC[C@@H]1C=CNC1. The summed E-state index contributed by atoms with van der Waals surface area (Å²) in [5.41, 5.74) is 0. The summed E-state index contributed by atoms with van der Waals surface area (Å²) in [7, 11) is 0. The third-order valence-corrected chi connectivity index (χ3v) is 1.61. The standard InChI is InChI=1S/C8H13N/c1-2-3-4-8-5-6-9-7-8/h2,5-6,8-9H,1,3-4,7H2/t8-/m1/s1. The van der Waals surface area contributed by atoms with Gasteiger partial charge in [0, 0.05) is 6.54 Å². The molecule has 0 radical (unpaired) electrons. The van der Waals surface area contributed by atoms with Gasteiger partial charge in [0.25, 0.3) is 0 Å². The van der Waals surface area contributed by atoms with Crippen LogP contribution in [0.2, 0.25) is 0 Å². The van der Waals surface area contributed by atoms with Gasteiger partial charge in [0.05, 0.1) is 0 Å². The molecule has 1 heteroatoms. The second-order valence-corrected chi connectivity index (χ2v) is 2.39. The summed E-state index contributed by atoms with van der Waals surface area (Å²) < 4.78 is 0. The van der Waals surface area contributed by atoms with Crippen molar-refractivity contribution in [3.8, 4) is 0 Å². The van der Waals surface area contributed by atoms with E-state index in [0.29, 0.717) is 0 Å². The van der Waals surface area contributed by atoms with E-state index >= 15 is 0 Å². The second-order valence-electron chi connectivity index (χ2n) is 2.39. The normalized spacial score (nSPS) is 23.8. The van der Waals surface area contributed by atoms with Crippen molar-refractivity contribution in [3.63, 3.8) is 0 Å². The Hall–Kier alpha value is -0.720. The summed E-state index contributed by atoms with van der Waals surface area (Å²) in [6.07, 6.45) is 8.62. The van der Waals surface area contributed by atoms with E-state index in [9.17, 15) is 0 Å². The highest BCUT2D eigenvalue weighted by atomic mass is 14.9. The van der Waals surface area contributed by atoms with Crippen LogP contribution in [0.4, 0.5) is 0 Å². The predicted molar refractivity (Wildman–Crippen MR) is 40.1 cm³/mol. The van der Waals surface area contributed by atoms with Crippen LogP contribution in [0.25, 0.3) is 0 Å². The first-order chi connectivity index (χ1) is 4.43. The molecule has 1 aliphatic heterocycles. The van der Waals surface area contributed by atoms with Gasteiger partial charge in [-0.25, -0.2) is 0 Å². The van der Waals surface area contributed by atoms with Crippen molar-refractivity contribution in [2.75, 3.05) is 6.54 Å². The van der Waals surface area contributed by atoms with E-state index in [1.54, 1.807) is 0 Å². The lowest BCUT2D eigenvalue weighted by Gasteiger charge is -2.02. The summed E-state index contributed by atoms with van der Waals surface area (Å²) in [5, 5.41) is 3.17. The Balaban J connectivity index is 2.12. The maximum atomic E-state index is 3.68. The predicted octanol–water partition coefficient (Wildman–Crippen LogP) is 1.69. The fourth-order valence-corrected chi connectivity index (χ4v) is 1.02. The fraction of sp³-hybridized carbons (Fsp3) is 0.500. The van der Waals surface area contributed by atoms with Crippen LogP contribution in [0, 0.1) is 5.92 Å². The number of hydrogen-bond acceptors (Lipinski definition) is 1. The van der Waals surface area contributed by atoms with E-state index in [1.165, 1.54) is 6.42 Å². The summed E-state index contributed by atoms with van der Waals surface area (Å²) in [4.78, 5) is 0. The van der Waals surface area contributed by atoms with Crippen molar-refractivity contribution in [1.82, 2.24) is 5.32 Å². The lowest BCUT2D eigenvalue weighted by Crippen LogP contribution is -2.07. The van der Waals surface area contributed by atoms with Gasteiger partial charge in [-0.3, -0.25) is 0 Å². The third-order valence-electron chi connectivity index (χ3n) is 1.61. The molecule has 0 unspecified atom stereocenters. The Bertz CT molecular complexity index is 116. The highest BCUT2D eigenvalue weighted by Crippen LogP contribution is 2.10. The van der Waals surface area contributed by atoms with Crippen molar-refractivity contribution >= 4 is 0 Å². The minimum atomic E-state index is 0.753. The van der Waals surface area contributed by atoms with Gasteiger partial charge >= 0.3 is 0 Å². The Kier molecular flexibility index (Phi) is 2.37. The van der Waals surface area contributed by atoms with E-state index in [1.807, 2.05) is 12.3 Å². The van der Waals surface area contributed by atoms with Gasteiger partial charge in [-0.2, -0.15) is 0 Å². The van der Waals surface area contributed by atoms with Gasteiger partial charge in [-0.1, -0.05) is 12.2 Å². The van der Waals surface area contributed by atoms with Crippen LogP contribution in [0.5, 0.6) is 0 Å². The van der Waals surface area contributed by atoms with Crippen molar-refractivity contribution in [3.05, 3.63) is 24.9 Å². The zero-order valence-corrected chi connectivity index (χ0v) is 5.64. The van der Waals surface area contributed by atoms with Gasteiger partial charge in [-0.05, 0) is 25.0 Å². The van der Waals surface area contributed by atoms with Crippen LogP contribution < -0.4 is 5.32 Å². The van der Waals surface area contributed by atoms with Gasteiger partial charge in [0.1, 0.15) is 0 Å². The van der Waals surface area contributed by atoms with Crippen molar-refractivity contribution < 1.29 is 0 Å². The molecule has 1 aliphatic rings. The van der Waals surface area contributed by atoms with Crippen LogP contribution in [0.15, 0.2) is 24.9 Å². The van der Waals surface area contributed by atoms with Gasteiger partial charge in [0.15, 0.2) is 0 Å². The molecule has 0 saturated carbocycles. The molecule has 50 valence electrons.